The molecule has 4 nitrogen and oxygen atoms in total. The first-order valence-corrected chi connectivity index (χ1v) is 7.90. The van der Waals surface area contributed by atoms with Crippen LogP contribution in [0.25, 0.3) is 0 Å². The average molecular weight is 295 g/mol. The van der Waals surface area contributed by atoms with Crippen LogP contribution in [0.3, 0.4) is 0 Å². The number of aromatic nitrogens is 2. The van der Waals surface area contributed by atoms with Crippen LogP contribution in [0.5, 0.6) is 0 Å². The molecule has 2 aromatic rings. The maximum atomic E-state index is 12.4. The van der Waals surface area contributed by atoms with Crippen LogP contribution in [0, 0.1) is 0 Å². The summed E-state index contributed by atoms with van der Waals surface area (Å²) in [6.07, 6.45) is 8.54. The zero-order chi connectivity index (χ0) is 15.2. The molecule has 3 rings (SSSR count). The van der Waals surface area contributed by atoms with Crippen LogP contribution < -0.4 is 0 Å². The van der Waals surface area contributed by atoms with Gasteiger partial charge in [0.1, 0.15) is 0 Å². The van der Waals surface area contributed by atoms with Crippen molar-refractivity contribution >= 4 is 5.91 Å². The lowest BCUT2D eigenvalue weighted by atomic mass is 9.92. The number of nitrogens with zero attached hydrogens (tertiary/aromatic N) is 3. The minimum atomic E-state index is 0.161. The van der Waals surface area contributed by atoms with Crippen molar-refractivity contribution < 1.29 is 4.79 Å². The maximum Gasteiger partial charge on any atom is 0.228 e. The van der Waals surface area contributed by atoms with Gasteiger partial charge in [0.05, 0.1) is 12.1 Å². The van der Waals surface area contributed by atoms with E-state index in [4.69, 9.17) is 0 Å². The lowest BCUT2D eigenvalue weighted by Crippen LogP contribution is -2.33. The van der Waals surface area contributed by atoms with E-state index in [0.29, 0.717) is 12.3 Å². The molecule has 1 aromatic heterocycles. The number of carbonyl (C=O) groups is 1. The van der Waals surface area contributed by atoms with E-state index < -0.39 is 0 Å². The van der Waals surface area contributed by atoms with Crippen molar-refractivity contribution in [1.29, 1.82) is 0 Å². The predicted molar refractivity (Wildman–Crippen MR) is 85.4 cm³/mol. The van der Waals surface area contributed by atoms with Crippen LogP contribution in [0.2, 0.25) is 0 Å². The van der Waals surface area contributed by atoms with Gasteiger partial charge in [-0.1, -0.05) is 30.3 Å². The minimum Gasteiger partial charge on any atom is -0.342 e. The Balaban J connectivity index is 1.59. The first kappa shape index (κ1) is 14.7. The van der Waals surface area contributed by atoms with E-state index in [1.165, 1.54) is 5.56 Å². The molecule has 4 heteroatoms. The van der Waals surface area contributed by atoms with E-state index in [0.717, 1.165) is 38.0 Å². The van der Waals surface area contributed by atoms with E-state index in [-0.39, 0.29) is 5.91 Å². The molecule has 0 spiro atoms. The summed E-state index contributed by atoms with van der Waals surface area (Å²) in [4.78, 5) is 22.6. The number of benzene rings is 1. The second-order valence-electron chi connectivity index (χ2n) is 5.79. The van der Waals surface area contributed by atoms with Gasteiger partial charge in [0.2, 0.25) is 5.91 Å². The number of hydrogen-bond donors (Lipinski definition) is 0. The van der Waals surface area contributed by atoms with Gasteiger partial charge >= 0.3 is 0 Å². The third-order valence-corrected chi connectivity index (χ3v) is 4.30. The van der Waals surface area contributed by atoms with Crippen molar-refractivity contribution in [2.75, 3.05) is 13.1 Å². The van der Waals surface area contributed by atoms with Gasteiger partial charge in [-0.2, -0.15) is 0 Å². The van der Waals surface area contributed by atoms with Crippen molar-refractivity contribution in [2.24, 2.45) is 0 Å². The molecule has 1 aliphatic heterocycles. The molecule has 0 unspecified atom stereocenters. The molecule has 1 aliphatic rings. The molecular formula is C18H21N3O. The first-order chi connectivity index (χ1) is 10.8. The molecule has 0 N–H and O–H groups in total. The molecular weight excluding hydrogens is 274 g/mol. The standard InChI is InChI=1S/C18H21N3O/c22-18(13-17-14-19-9-10-20-17)21-11-4-7-16(8-12-21)15-5-2-1-3-6-15/h1-3,5-6,9-10,14,16H,4,7-8,11-13H2/t16-/m1/s1. The topological polar surface area (TPSA) is 46.1 Å². The van der Waals surface area contributed by atoms with Crippen LogP contribution in [0.1, 0.15) is 36.4 Å². The van der Waals surface area contributed by atoms with Gasteiger partial charge < -0.3 is 4.90 Å². The van der Waals surface area contributed by atoms with Gasteiger partial charge in [0.25, 0.3) is 0 Å². The molecule has 1 amide bonds. The van der Waals surface area contributed by atoms with Gasteiger partial charge in [-0.3, -0.25) is 14.8 Å². The van der Waals surface area contributed by atoms with Crippen LogP contribution in [-0.2, 0) is 11.2 Å². The monoisotopic (exact) mass is 295 g/mol. The fourth-order valence-electron chi connectivity index (χ4n) is 3.09. The Kier molecular flexibility index (Phi) is 4.78. The van der Waals surface area contributed by atoms with E-state index in [1.54, 1.807) is 18.6 Å². The largest absolute Gasteiger partial charge is 0.342 e. The Labute approximate surface area is 131 Å². The van der Waals surface area contributed by atoms with Crippen molar-refractivity contribution in [1.82, 2.24) is 14.9 Å². The molecule has 0 saturated carbocycles. The van der Waals surface area contributed by atoms with Gasteiger partial charge in [-0.15, -0.1) is 0 Å². The highest BCUT2D eigenvalue weighted by Gasteiger charge is 2.21. The van der Waals surface area contributed by atoms with E-state index in [9.17, 15) is 4.79 Å². The van der Waals surface area contributed by atoms with Crippen LogP contribution >= 0.6 is 0 Å². The van der Waals surface area contributed by atoms with Gasteiger partial charge in [0.15, 0.2) is 0 Å². The Hall–Kier alpha value is -2.23. The zero-order valence-electron chi connectivity index (χ0n) is 12.7. The molecule has 1 fully saturated rings. The summed E-state index contributed by atoms with van der Waals surface area (Å²) in [7, 11) is 0. The van der Waals surface area contributed by atoms with E-state index >= 15 is 0 Å². The summed E-state index contributed by atoms with van der Waals surface area (Å²) in [6, 6.07) is 10.6. The number of likely N-dealkylation sites (tertiary alicyclic amines) is 1. The van der Waals surface area contributed by atoms with Crippen molar-refractivity contribution in [2.45, 2.75) is 31.6 Å². The third-order valence-electron chi connectivity index (χ3n) is 4.30. The summed E-state index contributed by atoms with van der Waals surface area (Å²) in [5.41, 5.74) is 2.14. The number of hydrogen-bond acceptors (Lipinski definition) is 3. The van der Waals surface area contributed by atoms with Crippen molar-refractivity contribution in [3.05, 3.63) is 60.2 Å². The molecule has 1 atom stereocenters. The maximum absolute atomic E-state index is 12.4. The summed E-state index contributed by atoms with van der Waals surface area (Å²) in [5.74, 6) is 0.727. The minimum absolute atomic E-state index is 0.161. The van der Waals surface area contributed by atoms with Gasteiger partial charge in [-0.05, 0) is 30.7 Å². The molecule has 0 bridgehead atoms. The molecule has 0 radical (unpaired) electrons. The second kappa shape index (κ2) is 7.16. The molecule has 1 aromatic carbocycles. The summed E-state index contributed by atoms with van der Waals surface area (Å²) >= 11 is 0. The molecule has 0 aliphatic carbocycles. The molecule has 22 heavy (non-hydrogen) atoms. The highest BCUT2D eigenvalue weighted by Crippen LogP contribution is 2.27. The van der Waals surface area contributed by atoms with E-state index in [1.807, 2.05) is 4.90 Å². The molecule has 1 saturated heterocycles. The van der Waals surface area contributed by atoms with Crippen molar-refractivity contribution in [3.8, 4) is 0 Å². The summed E-state index contributed by atoms with van der Waals surface area (Å²) in [6.45, 7) is 1.68. The Morgan fingerprint density at radius 3 is 2.77 bits per heavy atom. The highest BCUT2D eigenvalue weighted by atomic mass is 16.2. The van der Waals surface area contributed by atoms with Gasteiger partial charge in [0, 0.05) is 31.7 Å². The Bertz CT molecular complexity index is 600. The summed E-state index contributed by atoms with van der Waals surface area (Å²) < 4.78 is 0. The molecule has 2 heterocycles. The second-order valence-corrected chi connectivity index (χ2v) is 5.79. The highest BCUT2D eigenvalue weighted by molar-refractivity contribution is 5.78. The Morgan fingerprint density at radius 1 is 1.14 bits per heavy atom. The first-order valence-electron chi connectivity index (χ1n) is 7.90. The Morgan fingerprint density at radius 2 is 2.00 bits per heavy atom. The average Bonchev–Trinajstić information content (AvgIpc) is 2.83. The number of amides is 1. The normalized spacial score (nSPS) is 18.7. The zero-order valence-corrected chi connectivity index (χ0v) is 12.7. The SMILES string of the molecule is O=C(Cc1cnccn1)N1CCC[C@@H](c2ccccc2)CC1. The van der Waals surface area contributed by atoms with Crippen LogP contribution in [0.4, 0.5) is 0 Å². The predicted octanol–water partition coefficient (Wildman–Crippen LogP) is 2.82. The van der Waals surface area contributed by atoms with Gasteiger partial charge in [-0.25, -0.2) is 0 Å². The van der Waals surface area contributed by atoms with Crippen LogP contribution in [-0.4, -0.2) is 33.9 Å². The number of carbonyl (C=O) groups excluding carboxylic acids is 1. The third kappa shape index (κ3) is 3.70. The van der Waals surface area contributed by atoms with E-state index in [2.05, 4.69) is 40.3 Å². The lowest BCUT2D eigenvalue weighted by Gasteiger charge is -2.20. The van der Waals surface area contributed by atoms with Crippen molar-refractivity contribution in [3.63, 3.8) is 0 Å². The lowest BCUT2D eigenvalue weighted by molar-refractivity contribution is -0.130. The van der Waals surface area contributed by atoms with Crippen LogP contribution in [0.15, 0.2) is 48.9 Å². The fraction of sp³-hybridized carbons (Fsp3) is 0.389. The quantitative estimate of drug-likeness (QED) is 0.874. The summed E-state index contributed by atoms with van der Waals surface area (Å²) in [5, 5.41) is 0. The fourth-order valence-corrected chi connectivity index (χ4v) is 3.09. The number of rotatable bonds is 3. The molecule has 114 valence electrons. The smallest absolute Gasteiger partial charge is 0.228 e.